The van der Waals surface area contributed by atoms with Crippen LogP contribution in [-0.4, -0.2) is 20.7 Å². The van der Waals surface area contributed by atoms with Gasteiger partial charge in [-0.15, -0.1) is 0 Å². The molecule has 1 aromatic rings. The first-order chi connectivity index (χ1) is 8.38. The second-order valence-electron chi connectivity index (χ2n) is 5.59. The van der Waals surface area contributed by atoms with Crippen molar-refractivity contribution in [3.8, 4) is 0 Å². The van der Waals surface area contributed by atoms with Gasteiger partial charge in [-0.1, -0.05) is 26.0 Å². The minimum absolute atomic E-state index is 0.401. The molecule has 1 fully saturated rings. The van der Waals surface area contributed by atoms with Crippen molar-refractivity contribution in [2.75, 3.05) is 11.6 Å². The van der Waals surface area contributed by atoms with Crippen LogP contribution in [0.25, 0.3) is 0 Å². The molecule has 18 heavy (non-hydrogen) atoms. The van der Waals surface area contributed by atoms with Crippen molar-refractivity contribution in [3.63, 3.8) is 0 Å². The lowest BCUT2D eigenvalue weighted by atomic mass is 9.73. The normalized spacial score (nSPS) is 23.8. The lowest BCUT2D eigenvalue weighted by Crippen LogP contribution is -2.38. The van der Waals surface area contributed by atoms with Gasteiger partial charge in [0.15, 0.2) is 9.84 Å². The van der Waals surface area contributed by atoms with Crippen LogP contribution >= 0.6 is 0 Å². The molecule has 1 aliphatic carbocycles. The third kappa shape index (κ3) is 2.86. The highest BCUT2D eigenvalue weighted by Gasteiger charge is 2.31. The topological polar surface area (TPSA) is 46.2 Å². The smallest absolute Gasteiger partial charge is 0.177 e. The van der Waals surface area contributed by atoms with Gasteiger partial charge in [-0.25, -0.2) is 8.42 Å². The van der Waals surface area contributed by atoms with Crippen LogP contribution in [0.15, 0.2) is 29.2 Å². The first-order valence-electron chi connectivity index (χ1n) is 6.43. The van der Waals surface area contributed by atoms with Gasteiger partial charge in [-0.05, 0) is 36.8 Å². The number of sulfone groups is 1. The molecule has 0 bridgehead atoms. The SMILES string of the molecule is CC(C)C1CC(Nc2ccccc2S(C)(=O)=O)C1. The minimum atomic E-state index is -3.16. The summed E-state index contributed by atoms with van der Waals surface area (Å²) in [5.74, 6) is 1.49. The quantitative estimate of drug-likeness (QED) is 0.912. The molecular formula is C14H21NO2S. The van der Waals surface area contributed by atoms with Gasteiger partial charge in [0.2, 0.25) is 0 Å². The van der Waals surface area contributed by atoms with Gasteiger partial charge in [0.05, 0.1) is 10.6 Å². The maximum Gasteiger partial charge on any atom is 0.177 e. The second kappa shape index (κ2) is 4.92. The van der Waals surface area contributed by atoms with Gasteiger partial charge in [0, 0.05) is 12.3 Å². The Morgan fingerprint density at radius 2 is 1.83 bits per heavy atom. The van der Waals surface area contributed by atoms with Crippen molar-refractivity contribution in [2.45, 2.75) is 37.6 Å². The Hall–Kier alpha value is -1.03. The second-order valence-corrected chi connectivity index (χ2v) is 7.57. The number of nitrogens with one attached hydrogen (secondary N) is 1. The van der Waals surface area contributed by atoms with Crippen LogP contribution in [0, 0.1) is 11.8 Å². The van der Waals surface area contributed by atoms with E-state index in [9.17, 15) is 8.42 Å². The van der Waals surface area contributed by atoms with E-state index in [4.69, 9.17) is 0 Å². The fourth-order valence-corrected chi connectivity index (χ4v) is 3.31. The third-order valence-corrected chi connectivity index (χ3v) is 4.92. The van der Waals surface area contributed by atoms with Crippen molar-refractivity contribution in [1.82, 2.24) is 0 Å². The molecule has 100 valence electrons. The Bertz CT molecular complexity index is 516. The average molecular weight is 267 g/mol. The van der Waals surface area contributed by atoms with E-state index < -0.39 is 9.84 Å². The first-order valence-corrected chi connectivity index (χ1v) is 8.32. The summed E-state index contributed by atoms with van der Waals surface area (Å²) < 4.78 is 23.3. The maximum absolute atomic E-state index is 11.7. The monoisotopic (exact) mass is 267 g/mol. The highest BCUT2D eigenvalue weighted by atomic mass is 32.2. The van der Waals surface area contributed by atoms with E-state index in [0.717, 1.165) is 24.4 Å². The molecule has 0 aliphatic heterocycles. The summed E-state index contributed by atoms with van der Waals surface area (Å²) >= 11 is 0. The molecule has 0 atom stereocenters. The molecule has 1 aromatic carbocycles. The molecule has 0 radical (unpaired) electrons. The third-order valence-electron chi connectivity index (χ3n) is 3.76. The van der Waals surface area contributed by atoms with Crippen LogP contribution in [0.5, 0.6) is 0 Å². The van der Waals surface area contributed by atoms with Gasteiger partial charge in [0.25, 0.3) is 0 Å². The first kappa shape index (κ1) is 13.4. The minimum Gasteiger partial charge on any atom is -0.381 e. The van der Waals surface area contributed by atoms with E-state index in [2.05, 4.69) is 19.2 Å². The molecule has 0 amide bonds. The van der Waals surface area contributed by atoms with Crippen LogP contribution < -0.4 is 5.32 Å². The summed E-state index contributed by atoms with van der Waals surface area (Å²) in [6.07, 6.45) is 3.52. The Morgan fingerprint density at radius 1 is 1.22 bits per heavy atom. The molecule has 0 unspecified atom stereocenters. The summed E-state index contributed by atoms with van der Waals surface area (Å²) in [6.45, 7) is 4.48. The fourth-order valence-electron chi connectivity index (χ4n) is 2.45. The number of hydrogen-bond acceptors (Lipinski definition) is 3. The molecule has 3 nitrogen and oxygen atoms in total. The van der Waals surface area contributed by atoms with E-state index in [1.165, 1.54) is 6.26 Å². The van der Waals surface area contributed by atoms with Crippen LogP contribution in [0.4, 0.5) is 5.69 Å². The number of rotatable bonds is 4. The average Bonchev–Trinajstić information content (AvgIpc) is 2.21. The van der Waals surface area contributed by atoms with Crippen LogP contribution in [-0.2, 0) is 9.84 Å². The highest BCUT2D eigenvalue weighted by molar-refractivity contribution is 7.90. The summed E-state index contributed by atoms with van der Waals surface area (Å²) in [4.78, 5) is 0.401. The molecule has 4 heteroatoms. The zero-order chi connectivity index (χ0) is 13.3. The molecule has 0 aromatic heterocycles. The standard InChI is InChI=1S/C14H21NO2S/c1-10(2)11-8-12(9-11)15-13-6-4-5-7-14(13)18(3,16)17/h4-7,10-12,15H,8-9H2,1-3H3. The molecule has 0 saturated heterocycles. The highest BCUT2D eigenvalue weighted by Crippen LogP contribution is 2.36. The van der Waals surface area contributed by atoms with Gasteiger partial charge in [0.1, 0.15) is 0 Å². The number of benzene rings is 1. The lowest BCUT2D eigenvalue weighted by Gasteiger charge is -2.39. The van der Waals surface area contributed by atoms with E-state index >= 15 is 0 Å². The zero-order valence-corrected chi connectivity index (χ0v) is 12.0. The van der Waals surface area contributed by atoms with Crippen molar-refractivity contribution in [2.24, 2.45) is 11.8 Å². The van der Waals surface area contributed by atoms with Gasteiger partial charge in [-0.3, -0.25) is 0 Å². The van der Waals surface area contributed by atoms with Crippen LogP contribution in [0.2, 0.25) is 0 Å². The van der Waals surface area contributed by atoms with Crippen molar-refractivity contribution in [3.05, 3.63) is 24.3 Å². The summed E-state index contributed by atoms with van der Waals surface area (Å²) in [5.41, 5.74) is 0.743. The van der Waals surface area contributed by atoms with Crippen molar-refractivity contribution >= 4 is 15.5 Å². The predicted octanol–water partition coefficient (Wildman–Crippen LogP) is 2.94. The Labute approximate surface area is 110 Å². The summed E-state index contributed by atoms with van der Waals surface area (Å²) in [7, 11) is -3.16. The molecule has 0 spiro atoms. The fraction of sp³-hybridized carbons (Fsp3) is 0.571. The number of anilines is 1. The Balaban J connectivity index is 2.08. The number of hydrogen-bond donors (Lipinski definition) is 1. The van der Waals surface area contributed by atoms with Crippen LogP contribution in [0.3, 0.4) is 0 Å². The summed E-state index contributed by atoms with van der Waals surface area (Å²) in [5, 5.41) is 3.36. The predicted molar refractivity (Wildman–Crippen MR) is 74.5 cm³/mol. The van der Waals surface area contributed by atoms with Crippen LogP contribution in [0.1, 0.15) is 26.7 Å². The molecule has 0 heterocycles. The Kier molecular flexibility index (Phi) is 3.66. The van der Waals surface area contributed by atoms with E-state index in [1.54, 1.807) is 12.1 Å². The van der Waals surface area contributed by atoms with Gasteiger partial charge < -0.3 is 5.32 Å². The van der Waals surface area contributed by atoms with Crippen molar-refractivity contribution in [1.29, 1.82) is 0 Å². The van der Waals surface area contributed by atoms with Gasteiger partial charge >= 0.3 is 0 Å². The molecule has 1 saturated carbocycles. The molecule has 2 rings (SSSR count). The summed E-state index contributed by atoms with van der Waals surface area (Å²) in [6, 6.07) is 7.56. The molecular weight excluding hydrogens is 246 g/mol. The molecule has 1 N–H and O–H groups in total. The largest absolute Gasteiger partial charge is 0.381 e. The van der Waals surface area contributed by atoms with E-state index in [1.807, 2.05) is 12.1 Å². The molecule has 1 aliphatic rings. The Morgan fingerprint density at radius 3 is 2.39 bits per heavy atom. The lowest BCUT2D eigenvalue weighted by molar-refractivity contribution is 0.211. The van der Waals surface area contributed by atoms with Crippen molar-refractivity contribution < 1.29 is 8.42 Å². The van der Waals surface area contributed by atoms with Gasteiger partial charge in [-0.2, -0.15) is 0 Å². The number of para-hydroxylation sites is 1. The maximum atomic E-state index is 11.7. The zero-order valence-electron chi connectivity index (χ0n) is 11.2. The van der Waals surface area contributed by atoms with E-state index in [0.29, 0.717) is 16.9 Å². The van der Waals surface area contributed by atoms with E-state index in [-0.39, 0.29) is 0 Å².